The highest BCUT2D eigenvalue weighted by atomic mass is 16.5. The van der Waals surface area contributed by atoms with Crippen molar-refractivity contribution >= 4 is 11.5 Å². The molecule has 0 fully saturated rings. The Morgan fingerprint density at radius 2 is 1.80 bits per heavy atom. The maximum absolute atomic E-state index is 12.3. The van der Waals surface area contributed by atoms with Crippen molar-refractivity contribution in [1.29, 1.82) is 0 Å². The number of carbonyl (C=O) groups excluding carboxylic acids is 1. The molecule has 0 aromatic heterocycles. The average molecular weight is 334 g/mol. The van der Waals surface area contributed by atoms with Gasteiger partial charge in [0, 0.05) is 0 Å². The van der Waals surface area contributed by atoms with Gasteiger partial charge in [-0.3, -0.25) is 0 Å². The number of hydrogen-bond acceptors (Lipinski definition) is 2. The fourth-order valence-electron chi connectivity index (χ4n) is 3.23. The number of carbonyl (C=O) groups is 1. The SMILES string of the molecule is CCCc1ccc(OC(=O)c2ccc(C3=CCC(C)CC3)cc2)cc1. The molecule has 1 unspecified atom stereocenters. The molecule has 2 nitrogen and oxygen atoms in total. The highest BCUT2D eigenvalue weighted by Gasteiger charge is 2.13. The molecule has 2 heteroatoms. The largest absolute Gasteiger partial charge is 0.423 e. The van der Waals surface area contributed by atoms with Crippen LogP contribution < -0.4 is 4.74 Å². The van der Waals surface area contributed by atoms with Gasteiger partial charge in [-0.2, -0.15) is 0 Å². The van der Waals surface area contributed by atoms with Gasteiger partial charge in [-0.1, -0.05) is 50.6 Å². The molecular formula is C23H26O2. The summed E-state index contributed by atoms with van der Waals surface area (Å²) < 4.78 is 5.48. The molecule has 0 aliphatic heterocycles. The Labute approximate surface area is 150 Å². The lowest BCUT2D eigenvalue weighted by Gasteiger charge is -2.18. The number of allylic oxidation sites excluding steroid dienone is 2. The summed E-state index contributed by atoms with van der Waals surface area (Å²) in [5.74, 6) is 1.07. The second-order valence-corrected chi connectivity index (χ2v) is 6.97. The summed E-state index contributed by atoms with van der Waals surface area (Å²) in [5, 5.41) is 0. The predicted octanol–water partition coefficient (Wildman–Crippen LogP) is 6.06. The fraction of sp³-hybridized carbons (Fsp3) is 0.348. The van der Waals surface area contributed by atoms with Gasteiger partial charge in [-0.15, -0.1) is 0 Å². The van der Waals surface area contributed by atoms with Crippen LogP contribution in [0.2, 0.25) is 0 Å². The molecule has 0 amide bonds. The van der Waals surface area contributed by atoms with E-state index in [4.69, 9.17) is 4.74 Å². The Bertz CT molecular complexity index is 739. The minimum atomic E-state index is -0.305. The van der Waals surface area contributed by atoms with Crippen LogP contribution in [-0.4, -0.2) is 5.97 Å². The molecule has 0 spiro atoms. The molecular weight excluding hydrogens is 308 g/mol. The first-order chi connectivity index (χ1) is 12.2. The third kappa shape index (κ3) is 4.60. The lowest BCUT2D eigenvalue weighted by atomic mass is 9.87. The monoisotopic (exact) mass is 334 g/mol. The Hall–Kier alpha value is -2.35. The molecule has 0 heterocycles. The highest BCUT2D eigenvalue weighted by Crippen LogP contribution is 2.30. The summed E-state index contributed by atoms with van der Waals surface area (Å²) in [7, 11) is 0. The summed E-state index contributed by atoms with van der Waals surface area (Å²) in [5.41, 5.74) is 4.46. The summed E-state index contributed by atoms with van der Waals surface area (Å²) in [6.07, 6.45) is 8.00. The van der Waals surface area contributed by atoms with Crippen LogP contribution >= 0.6 is 0 Å². The number of ether oxygens (including phenoxy) is 1. The molecule has 0 saturated heterocycles. The number of benzene rings is 2. The lowest BCUT2D eigenvalue weighted by molar-refractivity contribution is 0.0734. The van der Waals surface area contributed by atoms with Crippen molar-refractivity contribution in [2.75, 3.05) is 0 Å². The van der Waals surface area contributed by atoms with Crippen LogP contribution in [0.3, 0.4) is 0 Å². The minimum absolute atomic E-state index is 0.305. The topological polar surface area (TPSA) is 26.3 Å². The summed E-state index contributed by atoms with van der Waals surface area (Å²) >= 11 is 0. The molecule has 2 aromatic carbocycles. The van der Waals surface area contributed by atoms with Crippen LogP contribution in [0.25, 0.3) is 5.57 Å². The quantitative estimate of drug-likeness (QED) is 0.490. The van der Waals surface area contributed by atoms with Crippen LogP contribution in [0.1, 0.15) is 61.0 Å². The van der Waals surface area contributed by atoms with Crippen molar-refractivity contribution in [3.63, 3.8) is 0 Å². The van der Waals surface area contributed by atoms with Crippen molar-refractivity contribution in [3.05, 3.63) is 71.3 Å². The molecule has 2 aromatic rings. The van der Waals surface area contributed by atoms with Gasteiger partial charge in [0.25, 0.3) is 0 Å². The van der Waals surface area contributed by atoms with Gasteiger partial charge in [-0.25, -0.2) is 4.79 Å². The second-order valence-electron chi connectivity index (χ2n) is 6.97. The van der Waals surface area contributed by atoms with E-state index in [2.05, 4.69) is 19.9 Å². The van der Waals surface area contributed by atoms with Gasteiger partial charge in [0.15, 0.2) is 0 Å². The van der Waals surface area contributed by atoms with Crippen molar-refractivity contribution in [2.24, 2.45) is 5.92 Å². The van der Waals surface area contributed by atoms with Crippen molar-refractivity contribution in [2.45, 2.75) is 46.0 Å². The Balaban J connectivity index is 1.64. The van der Waals surface area contributed by atoms with Gasteiger partial charge in [-0.05, 0) is 72.6 Å². The molecule has 3 rings (SSSR count). The molecule has 130 valence electrons. The van der Waals surface area contributed by atoms with E-state index in [1.807, 2.05) is 48.5 Å². The van der Waals surface area contributed by atoms with E-state index in [0.717, 1.165) is 31.6 Å². The second kappa shape index (κ2) is 8.15. The molecule has 1 atom stereocenters. The van der Waals surface area contributed by atoms with Crippen molar-refractivity contribution < 1.29 is 9.53 Å². The lowest BCUT2D eigenvalue weighted by Crippen LogP contribution is -2.08. The number of aryl methyl sites for hydroxylation is 1. The van der Waals surface area contributed by atoms with Gasteiger partial charge >= 0.3 is 5.97 Å². The fourth-order valence-corrected chi connectivity index (χ4v) is 3.23. The first-order valence-electron chi connectivity index (χ1n) is 9.26. The summed E-state index contributed by atoms with van der Waals surface area (Å²) in [6.45, 7) is 4.45. The van der Waals surface area contributed by atoms with E-state index in [0.29, 0.717) is 11.3 Å². The van der Waals surface area contributed by atoms with E-state index in [9.17, 15) is 4.79 Å². The van der Waals surface area contributed by atoms with Crippen LogP contribution in [0.15, 0.2) is 54.6 Å². The van der Waals surface area contributed by atoms with E-state index in [1.54, 1.807) is 0 Å². The van der Waals surface area contributed by atoms with Gasteiger partial charge in [0.1, 0.15) is 5.75 Å². The Morgan fingerprint density at radius 3 is 2.40 bits per heavy atom. The molecule has 0 N–H and O–H groups in total. The molecule has 0 saturated carbocycles. The average Bonchev–Trinajstić information content (AvgIpc) is 2.64. The van der Waals surface area contributed by atoms with Crippen LogP contribution in [0, 0.1) is 5.92 Å². The Morgan fingerprint density at radius 1 is 1.08 bits per heavy atom. The first-order valence-corrected chi connectivity index (χ1v) is 9.26. The predicted molar refractivity (Wildman–Crippen MR) is 103 cm³/mol. The zero-order valence-electron chi connectivity index (χ0n) is 15.1. The smallest absolute Gasteiger partial charge is 0.343 e. The number of hydrogen-bond donors (Lipinski definition) is 0. The van der Waals surface area contributed by atoms with Crippen molar-refractivity contribution in [3.8, 4) is 5.75 Å². The molecule has 25 heavy (non-hydrogen) atoms. The first kappa shape index (κ1) is 17.5. The zero-order chi connectivity index (χ0) is 17.6. The van der Waals surface area contributed by atoms with E-state index >= 15 is 0 Å². The molecule has 0 radical (unpaired) electrons. The molecule has 1 aliphatic carbocycles. The Kier molecular flexibility index (Phi) is 5.70. The van der Waals surface area contributed by atoms with E-state index in [1.165, 1.54) is 23.1 Å². The third-order valence-electron chi connectivity index (χ3n) is 4.84. The maximum atomic E-state index is 12.3. The number of rotatable bonds is 5. The van der Waals surface area contributed by atoms with Crippen molar-refractivity contribution in [1.82, 2.24) is 0 Å². The van der Waals surface area contributed by atoms with Gasteiger partial charge < -0.3 is 4.74 Å². The maximum Gasteiger partial charge on any atom is 0.343 e. The third-order valence-corrected chi connectivity index (χ3v) is 4.84. The highest BCUT2D eigenvalue weighted by molar-refractivity contribution is 5.91. The number of esters is 1. The van der Waals surface area contributed by atoms with E-state index < -0.39 is 0 Å². The summed E-state index contributed by atoms with van der Waals surface area (Å²) in [6, 6.07) is 15.6. The molecule has 0 bridgehead atoms. The van der Waals surface area contributed by atoms with E-state index in [-0.39, 0.29) is 5.97 Å². The summed E-state index contributed by atoms with van der Waals surface area (Å²) in [4.78, 5) is 12.3. The molecule has 1 aliphatic rings. The zero-order valence-corrected chi connectivity index (χ0v) is 15.1. The normalized spacial score (nSPS) is 17.0. The van der Waals surface area contributed by atoms with Crippen LogP contribution in [0.4, 0.5) is 0 Å². The van der Waals surface area contributed by atoms with Gasteiger partial charge in [0.05, 0.1) is 5.56 Å². The minimum Gasteiger partial charge on any atom is -0.423 e. The standard InChI is InChI=1S/C23H26O2/c1-3-4-18-7-15-22(16-8-18)25-23(24)21-13-11-20(12-14-21)19-9-5-17(2)6-10-19/h7-9,11-17H,3-6,10H2,1-2H3. The van der Waals surface area contributed by atoms with Crippen LogP contribution in [-0.2, 0) is 6.42 Å². The van der Waals surface area contributed by atoms with Gasteiger partial charge in [0.2, 0.25) is 0 Å². The van der Waals surface area contributed by atoms with Crippen LogP contribution in [0.5, 0.6) is 5.75 Å².